The van der Waals surface area contributed by atoms with Crippen LogP contribution >= 0.6 is 0 Å². The van der Waals surface area contributed by atoms with Gasteiger partial charge in [0.05, 0.1) is 0 Å². The van der Waals surface area contributed by atoms with Crippen LogP contribution in [0.1, 0.15) is 66.4 Å². The highest BCUT2D eigenvalue weighted by molar-refractivity contribution is 6.05. The van der Waals surface area contributed by atoms with Crippen LogP contribution < -0.4 is 10.6 Å². The van der Waals surface area contributed by atoms with Crippen LogP contribution in [0.15, 0.2) is 18.2 Å². The second-order valence-electron chi connectivity index (χ2n) is 10.4. The molecule has 4 aliphatic heterocycles. The molecule has 1 atom stereocenters. The van der Waals surface area contributed by atoms with E-state index in [4.69, 9.17) is 0 Å². The van der Waals surface area contributed by atoms with Crippen molar-refractivity contribution in [1.29, 1.82) is 0 Å². The molecule has 1 aromatic rings. The minimum Gasteiger partial charge on any atom is -0.322 e. The molecule has 2 N–H and O–H groups in total. The first-order chi connectivity index (χ1) is 15.4. The van der Waals surface area contributed by atoms with Gasteiger partial charge < -0.3 is 10.2 Å². The fourth-order valence-electron chi connectivity index (χ4n) is 5.93. The molecule has 1 saturated carbocycles. The van der Waals surface area contributed by atoms with Gasteiger partial charge in [0, 0.05) is 56.2 Å². The Bertz CT molecular complexity index is 912. The van der Waals surface area contributed by atoms with Gasteiger partial charge in [-0.2, -0.15) is 0 Å². The summed E-state index contributed by atoms with van der Waals surface area (Å²) < 4.78 is 0. The van der Waals surface area contributed by atoms with E-state index in [1.807, 2.05) is 19.1 Å². The molecular weight excluding hydrogens is 404 g/mol. The molecule has 6 rings (SSSR count). The van der Waals surface area contributed by atoms with Gasteiger partial charge in [0.2, 0.25) is 11.8 Å². The maximum Gasteiger partial charge on any atom is 0.255 e. The van der Waals surface area contributed by atoms with E-state index in [1.165, 1.54) is 58.3 Å². The summed E-state index contributed by atoms with van der Waals surface area (Å²) in [6.45, 7) is 7.78. The van der Waals surface area contributed by atoms with Crippen molar-refractivity contribution in [3.05, 3.63) is 34.9 Å². The Hall–Kier alpha value is -2.25. The Balaban J connectivity index is 0.000000144. The van der Waals surface area contributed by atoms with Crippen LogP contribution in [0.3, 0.4) is 0 Å². The maximum absolute atomic E-state index is 12.3. The van der Waals surface area contributed by atoms with Crippen molar-refractivity contribution in [3.8, 4) is 0 Å². The van der Waals surface area contributed by atoms with E-state index in [0.29, 0.717) is 18.5 Å². The molecule has 7 nitrogen and oxygen atoms in total. The van der Waals surface area contributed by atoms with E-state index in [1.54, 1.807) is 11.0 Å². The zero-order valence-corrected chi connectivity index (χ0v) is 19.0. The number of hydrogen-bond donors (Lipinski definition) is 2. The van der Waals surface area contributed by atoms with Crippen LogP contribution in [-0.4, -0.2) is 65.8 Å². The van der Waals surface area contributed by atoms with E-state index in [9.17, 15) is 14.4 Å². The first-order valence-electron chi connectivity index (χ1n) is 12.1. The van der Waals surface area contributed by atoms with Crippen LogP contribution in [0.2, 0.25) is 0 Å². The smallest absolute Gasteiger partial charge is 0.255 e. The molecule has 3 amide bonds. The first kappa shape index (κ1) is 21.6. The van der Waals surface area contributed by atoms with Gasteiger partial charge in [-0.05, 0) is 37.8 Å². The number of rotatable bonds is 2. The standard InChI is InChI=1S/C14H14N2O3.C11H20N2/c1-8-2-3-10-9(6-8)7-16(14(10)19)11-4-5-12(17)15-13(11)18;1-2-4-10(5-3-1)13-8-11(9-13)6-12-7-11/h2-3,6,11H,4-5,7H2,1H3,(H,15,17,18);10,12H,1-9H2. The van der Waals surface area contributed by atoms with Crippen LogP contribution in [0.4, 0.5) is 0 Å². The molecule has 7 heteroatoms. The lowest BCUT2D eigenvalue weighted by atomic mass is 9.73. The quantitative estimate of drug-likeness (QED) is 0.690. The van der Waals surface area contributed by atoms with E-state index in [-0.39, 0.29) is 24.1 Å². The van der Waals surface area contributed by atoms with Crippen molar-refractivity contribution in [3.63, 3.8) is 0 Å². The average molecular weight is 439 g/mol. The predicted molar refractivity (Wildman–Crippen MR) is 121 cm³/mol. The number of likely N-dealkylation sites (tertiary alicyclic amines) is 1. The van der Waals surface area contributed by atoms with Gasteiger partial charge in [0.25, 0.3) is 5.91 Å². The van der Waals surface area contributed by atoms with Crippen LogP contribution in [0.25, 0.3) is 0 Å². The van der Waals surface area contributed by atoms with Gasteiger partial charge in [-0.1, -0.05) is 37.0 Å². The molecule has 1 spiro atoms. The van der Waals surface area contributed by atoms with E-state index in [2.05, 4.69) is 15.5 Å². The van der Waals surface area contributed by atoms with E-state index >= 15 is 0 Å². The Morgan fingerprint density at radius 3 is 2.41 bits per heavy atom. The summed E-state index contributed by atoms with van der Waals surface area (Å²) in [6.07, 6.45) is 8.09. The van der Waals surface area contributed by atoms with Gasteiger partial charge in [0.1, 0.15) is 6.04 Å². The largest absolute Gasteiger partial charge is 0.322 e. The Morgan fingerprint density at radius 1 is 1.00 bits per heavy atom. The highest BCUT2D eigenvalue weighted by atomic mass is 16.2. The summed E-state index contributed by atoms with van der Waals surface area (Å²) in [5.74, 6) is -0.750. The normalized spacial score (nSPS) is 27.2. The minimum atomic E-state index is -0.530. The van der Waals surface area contributed by atoms with Crippen molar-refractivity contribution in [1.82, 2.24) is 20.4 Å². The van der Waals surface area contributed by atoms with Gasteiger partial charge in [-0.25, -0.2) is 0 Å². The molecule has 32 heavy (non-hydrogen) atoms. The fourth-order valence-corrected chi connectivity index (χ4v) is 5.93. The van der Waals surface area contributed by atoms with Crippen molar-refractivity contribution in [2.45, 2.75) is 70.5 Å². The van der Waals surface area contributed by atoms with Crippen LogP contribution in [0, 0.1) is 12.3 Å². The summed E-state index contributed by atoms with van der Waals surface area (Å²) >= 11 is 0. The van der Waals surface area contributed by atoms with Crippen LogP contribution in [0.5, 0.6) is 0 Å². The zero-order valence-electron chi connectivity index (χ0n) is 19.0. The minimum absolute atomic E-state index is 0.121. The number of aryl methyl sites for hydroxylation is 1. The van der Waals surface area contributed by atoms with Gasteiger partial charge >= 0.3 is 0 Å². The number of fused-ring (bicyclic) bond motifs is 1. The number of benzene rings is 1. The molecular formula is C25H34N4O3. The number of amides is 3. The van der Waals surface area contributed by atoms with Gasteiger partial charge in [-0.15, -0.1) is 0 Å². The van der Waals surface area contributed by atoms with Crippen molar-refractivity contribution < 1.29 is 14.4 Å². The Labute approximate surface area is 189 Å². The topological polar surface area (TPSA) is 81.8 Å². The highest BCUT2D eigenvalue weighted by Crippen LogP contribution is 2.38. The first-order valence-corrected chi connectivity index (χ1v) is 12.1. The molecule has 0 radical (unpaired) electrons. The molecule has 1 aliphatic carbocycles. The molecule has 0 bridgehead atoms. The third kappa shape index (κ3) is 4.08. The lowest BCUT2D eigenvalue weighted by molar-refractivity contribution is -0.136. The molecule has 4 fully saturated rings. The lowest BCUT2D eigenvalue weighted by Gasteiger charge is -2.59. The summed E-state index contributed by atoms with van der Waals surface area (Å²) in [6, 6.07) is 6.10. The number of imide groups is 1. The number of carbonyl (C=O) groups is 3. The number of hydrogen-bond acceptors (Lipinski definition) is 5. The third-order valence-electron chi connectivity index (χ3n) is 7.85. The van der Waals surface area contributed by atoms with Crippen molar-refractivity contribution >= 4 is 17.7 Å². The zero-order chi connectivity index (χ0) is 22.3. The predicted octanol–water partition coefficient (Wildman–Crippen LogP) is 1.98. The second kappa shape index (κ2) is 8.60. The van der Waals surface area contributed by atoms with Gasteiger partial charge in [-0.3, -0.25) is 24.6 Å². The third-order valence-corrected chi connectivity index (χ3v) is 7.85. The molecule has 1 aromatic carbocycles. The number of piperidine rings is 1. The molecule has 0 aromatic heterocycles. The Morgan fingerprint density at radius 2 is 1.75 bits per heavy atom. The fraction of sp³-hybridized carbons (Fsp3) is 0.640. The van der Waals surface area contributed by atoms with Crippen molar-refractivity contribution in [2.75, 3.05) is 26.2 Å². The molecule has 1 unspecified atom stereocenters. The molecule has 172 valence electrons. The number of carbonyl (C=O) groups excluding carboxylic acids is 3. The van der Waals surface area contributed by atoms with E-state index < -0.39 is 6.04 Å². The second-order valence-corrected chi connectivity index (χ2v) is 10.4. The highest BCUT2D eigenvalue weighted by Gasteiger charge is 2.49. The molecule has 5 aliphatic rings. The SMILES string of the molecule is C1CCC(N2CC3(CNC3)C2)CC1.Cc1ccc2c(c1)CN(C1CCC(=O)NC1=O)C2=O. The van der Waals surface area contributed by atoms with Gasteiger partial charge in [0.15, 0.2) is 0 Å². The summed E-state index contributed by atoms with van der Waals surface area (Å²) in [4.78, 5) is 39.6. The number of nitrogens with one attached hydrogen (secondary N) is 2. The summed E-state index contributed by atoms with van der Waals surface area (Å²) in [5.41, 5.74) is 3.44. The number of nitrogens with zero attached hydrogens (tertiary/aromatic N) is 2. The maximum atomic E-state index is 12.3. The van der Waals surface area contributed by atoms with E-state index in [0.717, 1.165) is 22.6 Å². The summed E-state index contributed by atoms with van der Waals surface area (Å²) in [7, 11) is 0. The molecule has 4 heterocycles. The average Bonchev–Trinajstić information content (AvgIpc) is 3.03. The lowest BCUT2D eigenvalue weighted by Crippen LogP contribution is -2.72. The van der Waals surface area contributed by atoms with Crippen LogP contribution in [-0.2, 0) is 16.1 Å². The van der Waals surface area contributed by atoms with Crippen molar-refractivity contribution in [2.24, 2.45) is 5.41 Å². The monoisotopic (exact) mass is 438 g/mol. The molecule has 3 saturated heterocycles. The Kier molecular flexibility index (Phi) is 5.80. The summed E-state index contributed by atoms with van der Waals surface area (Å²) in [5, 5.41) is 5.69.